The van der Waals surface area contributed by atoms with Crippen LogP contribution in [0, 0.1) is 13.8 Å². The van der Waals surface area contributed by atoms with Crippen LogP contribution in [0.3, 0.4) is 0 Å². The Morgan fingerprint density at radius 3 is 2.71 bits per heavy atom. The summed E-state index contributed by atoms with van der Waals surface area (Å²) in [6.07, 6.45) is 3.73. The number of fused-ring (bicyclic) bond motifs is 1. The normalized spacial score (nSPS) is 12.9. The van der Waals surface area contributed by atoms with Crippen molar-refractivity contribution < 1.29 is 23.8 Å². The Labute approximate surface area is 208 Å². The molecule has 1 aliphatic rings. The SMILES string of the molecule is Cc1nn(Cc2ccccc2Cl)c(C)c1/C=C/C(=O)OCC(=O)Nc1ccc2c(c1)OCCCO2. The van der Waals surface area contributed by atoms with E-state index in [4.69, 9.17) is 25.8 Å². The number of benzene rings is 2. The molecule has 1 aliphatic heterocycles. The molecule has 0 bridgehead atoms. The molecule has 8 nitrogen and oxygen atoms in total. The predicted molar refractivity (Wildman–Crippen MR) is 133 cm³/mol. The van der Waals surface area contributed by atoms with E-state index in [1.165, 1.54) is 6.08 Å². The summed E-state index contributed by atoms with van der Waals surface area (Å²) < 4.78 is 18.1. The standard InChI is InChI=1S/C26H26ClN3O5/c1-17-21(18(2)30(29-17)15-19-6-3-4-7-22(19)27)9-11-26(32)35-16-25(31)28-20-8-10-23-24(14-20)34-13-5-12-33-23/h3-4,6-11,14H,5,12-13,15-16H2,1-2H3,(H,28,31)/b11-9+. The van der Waals surface area contributed by atoms with Crippen molar-refractivity contribution in [3.8, 4) is 11.5 Å². The van der Waals surface area contributed by atoms with Gasteiger partial charge in [-0.25, -0.2) is 4.79 Å². The number of ether oxygens (including phenoxy) is 3. The maximum absolute atomic E-state index is 12.2. The smallest absolute Gasteiger partial charge is 0.331 e. The molecular formula is C26H26ClN3O5. The van der Waals surface area contributed by atoms with Crippen molar-refractivity contribution in [1.82, 2.24) is 9.78 Å². The molecule has 3 aromatic rings. The van der Waals surface area contributed by atoms with Crippen LogP contribution in [0.25, 0.3) is 6.08 Å². The molecule has 0 radical (unpaired) electrons. The van der Waals surface area contributed by atoms with Crippen molar-refractivity contribution in [1.29, 1.82) is 0 Å². The summed E-state index contributed by atoms with van der Waals surface area (Å²) >= 11 is 6.26. The van der Waals surface area contributed by atoms with Gasteiger partial charge in [-0.15, -0.1) is 0 Å². The number of nitrogens with zero attached hydrogens (tertiary/aromatic N) is 2. The first kappa shape index (κ1) is 24.3. The number of aryl methyl sites for hydroxylation is 1. The summed E-state index contributed by atoms with van der Waals surface area (Å²) in [4.78, 5) is 24.4. The minimum Gasteiger partial charge on any atom is -0.490 e. The summed E-state index contributed by atoms with van der Waals surface area (Å²) in [5.74, 6) is 0.122. The third kappa shape index (κ3) is 6.22. The zero-order chi connectivity index (χ0) is 24.8. The number of esters is 1. The van der Waals surface area contributed by atoms with Crippen LogP contribution in [-0.4, -0.2) is 41.5 Å². The van der Waals surface area contributed by atoms with Crippen LogP contribution in [0.5, 0.6) is 11.5 Å². The number of hydrogen-bond acceptors (Lipinski definition) is 6. The van der Waals surface area contributed by atoms with Crippen molar-refractivity contribution in [3.63, 3.8) is 0 Å². The van der Waals surface area contributed by atoms with E-state index in [0.717, 1.165) is 28.9 Å². The Kier molecular flexibility index (Phi) is 7.72. The fourth-order valence-electron chi connectivity index (χ4n) is 3.67. The topological polar surface area (TPSA) is 91.7 Å². The number of halogens is 1. The average molecular weight is 496 g/mol. The highest BCUT2D eigenvalue weighted by Gasteiger charge is 2.14. The molecule has 1 amide bonds. The molecule has 0 unspecified atom stereocenters. The van der Waals surface area contributed by atoms with Gasteiger partial charge in [0.15, 0.2) is 18.1 Å². The van der Waals surface area contributed by atoms with Crippen molar-refractivity contribution in [2.45, 2.75) is 26.8 Å². The molecule has 0 atom stereocenters. The number of aromatic nitrogens is 2. The number of hydrogen-bond donors (Lipinski definition) is 1. The maximum Gasteiger partial charge on any atom is 0.331 e. The monoisotopic (exact) mass is 495 g/mol. The quantitative estimate of drug-likeness (QED) is 0.381. The van der Waals surface area contributed by atoms with Crippen LogP contribution in [-0.2, 0) is 20.9 Å². The molecule has 1 N–H and O–H groups in total. The second kappa shape index (κ2) is 11.1. The van der Waals surface area contributed by atoms with Gasteiger partial charge in [0.1, 0.15) is 0 Å². The Bertz CT molecular complexity index is 1270. The third-order valence-corrected chi connectivity index (χ3v) is 5.85. The number of nitrogens with one attached hydrogen (secondary N) is 1. The number of amides is 1. The Morgan fingerprint density at radius 2 is 1.91 bits per heavy atom. The number of carbonyl (C=O) groups is 2. The molecular weight excluding hydrogens is 470 g/mol. The van der Waals surface area contributed by atoms with Crippen molar-refractivity contribution in [3.05, 3.63) is 76.1 Å². The van der Waals surface area contributed by atoms with E-state index in [1.807, 2.05) is 42.8 Å². The van der Waals surface area contributed by atoms with Gasteiger partial charge in [-0.2, -0.15) is 5.10 Å². The lowest BCUT2D eigenvalue weighted by atomic mass is 10.1. The molecule has 0 saturated carbocycles. The summed E-state index contributed by atoms with van der Waals surface area (Å²) in [6.45, 7) is 5.02. The Morgan fingerprint density at radius 1 is 1.14 bits per heavy atom. The molecule has 1 aromatic heterocycles. The largest absolute Gasteiger partial charge is 0.490 e. The molecule has 0 fully saturated rings. The zero-order valence-electron chi connectivity index (χ0n) is 19.5. The van der Waals surface area contributed by atoms with Gasteiger partial charge >= 0.3 is 5.97 Å². The van der Waals surface area contributed by atoms with E-state index < -0.39 is 18.5 Å². The van der Waals surface area contributed by atoms with Crippen molar-refractivity contribution in [2.24, 2.45) is 0 Å². The van der Waals surface area contributed by atoms with E-state index in [1.54, 1.807) is 24.3 Å². The maximum atomic E-state index is 12.2. The van der Waals surface area contributed by atoms with Gasteiger partial charge < -0.3 is 19.5 Å². The minimum atomic E-state index is -0.628. The molecule has 2 heterocycles. The summed E-state index contributed by atoms with van der Waals surface area (Å²) in [5.41, 5.74) is 3.95. The molecule has 2 aromatic carbocycles. The highest BCUT2D eigenvalue weighted by atomic mass is 35.5. The Hall–Kier alpha value is -3.78. The van der Waals surface area contributed by atoms with Gasteiger partial charge in [-0.1, -0.05) is 29.8 Å². The fourth-order valence-corrected chi connectivity index (χ4v) is 3.86. The number of rotatable bonds is 7. The van der Waals surface area contributed by atoms with E-state index in [9.17, 15) is 9.59 Å². The molecule has 0 aliphatic carbocycles. The molecule has 9 heteroatoms. The second-order valence-corrected chi connectivity index (χ2v) is 8.44. The van der Waals surface area contributed by atoms with Gasteiger partial charge in [0.2, 0.25) is 0 Å². The summed E-state index contributed by atoms with van der Waals surface area (Å²) in [6, 6.07) is 12.7. The average Bonchev–Trinajstić information content (AvgIpc) is 2.99. The second-order valence-electron chi connectivity index (χ2n) is 8.03. The first-order valence-electron chi connectivity index (χ1n) is 11.2. The lowest BCUT2D eigenvalue weighted by Gasteiger charge is -2.10. The van der Waals surface area contributed by atoms with E-state index in [0.29, 0.717) is 42.0 Å². The first-order valence-corrected chi connectivity index (χ1v) is 11.6. The molecule has 0 spiro atoms. The first-order chi connectivity index (χ1) is 16.9. The van der Waals surface area contributed by atoms with Crippen LogP contribution in [0.1, 0.15) is 28.9 Å². The number of carbonyl (C=O) groups excluding carboxylic acids is 2. The van der Waals surface area contributed by atoms with E-state index in [-0.39, 0.29) is 0 Å². The van der Waals surface area contributed by atoms with Crippen LogP contribution in [0.2, 0.25) is 5.02 Å². The van der Waals surface area contributed by atoms with Gasteiger partial charge in [0.25, 0.3) is 5.91 Å². The molecule has 4 rings (SSSR count). The Balaban J connectivity index is 1.32. The van der Waals surface area contributed by atoms with Gasteiger partial charge in [-0.05, 0) is 43.7 Å². The zero-order valence-corrected chi connectivity index (χ0v) is 20.3. The van der Waals surface area contributed by atoms with Gasteiger partial charge in [-0.3, -0.25) is 9.48 Å². The lowest BCUT2D eigenvalue weighted by Crippen LogP contribution is -2.20. The van der Waals surface area contributed by atoms with E-state index in [2.05, 4.69) is 10.4 Å². The van der Waals surface area contributed by atoms with Crippen molar-refractivity contribution >= 4 is 35.2 Å². The molecule has 35 heavy (non-hydrogen) atoms. The van der Waals surface area contributed by atoms with E-state index >= 15 is 0 Å². The number of anilines is 1. The third-order valence-electron chi connectivity index (χ3n) is 5.48. The summed E-state index contributed by atoms with van der Waals surface area (Å²) in [5, 5.41) is 7.92. The van der Waals surface area contributed by atoms with Crippen molar-refractivity contribution in [2.75, 3.05) is 25.1 Å². The lowest BCUT2D eigenvalue weighted by molar-refractivity contribution is -0.142. The molecule has 0 saturated heterocycles. The summed E-state index contributed by atoms with van der Waals surface area (Å²) in [7, 11) is 0. The minimum absolute atomic E-state index is 0.415. The van der Waals surface area contributed by atoms with Crippen LogP contribution in [0.15, 0.2) is 48.5 Å². The van der Waals surface area contributed by atoms with Crippen LogP contribution >= 0.6 is 11.6 Å². The van der Waals surface area contributed by atoms with Crippen LogP contribution < -0.4 is 14.8 Å². The van der Waals surface area contributed by atoms with Gasteiger partial charge in [0, 0.05) is 40.5 Å². The highest BCUT2D eigenvalue weighted by Crippen LogP contribution is 2.32. The predicted octanol–water partition coefficient (Wildman–Crippen LogP) is 4.56. The van der Waals surface area contributed by atoms with Crippen LogP contribution in [0.4, 0.5) is 5.69 Å². The van der Waals surface area contributed by atoms with Gasteiger partial charge in [0.05, 0.1) is 25.5 Å². The fraction of sp³-hybridized carbons (Fsp3) is 0.269. The molecule has 182 valence electrons. The highest BCUT2D eigenvalue weighted by molar-refractivity contribution is 6.31.